The highest BCUT2D eigenvalue weighted by Gasteiger charge is 2.30. The van der Waals surface area contributed by atoms with Crippen LogP contribution in [0, 0.1) is 0 Å². The Balaban J connectivity index is 1.88. The molecule has 1 saturated heterocycles. The summed E-state index contributed by atoms with van der Waals surface area (Å²) < 4.78 is 33.0. The van der Waals surface area contributed by atoms with E-state index in [1.807, 2.05) is 18.2 Å². The highest BCUT2D eigenvalue weighted by atomic mass is 79.9. The molecule has 5 nitrogen and oxygen atoms in total. The third-order valence-electron chi connectivity index (χ3n) is 2.66. The molecule has 1 aromatic rings. The summed E-state index contributed by atoms with van der Waals surface area (Å²) in [6.45, 7) is 1.66. The fourth-order valence-corrected chi connectivity index (χ4v) is 3.26. The van der Waals surface area contributed by atoms with Gasteiger partial charge in [0, 0.05) is 19.6 Å². The zero-order valence-corrected chi connectivity index (χ0v) is 12.4. The zero-order chi connectivity index (χ0) is 13.2. The van der Waals surface area contributed by atoms with Crippen LogP contribution in [0.15, 0.2) is 22.7 Å². The topological polar surface area (TPSA) is 58.4 Å². The van der Waals surface area contributed by atoms with Gasteiger partial charge in [0.25, 0.3) is 10.2 Å². The van der Waals surface area contributed by atoms with Gasteiger partial charge >= 0.3 is 0 Å². The molecule has 0 aliphatic carbocycles. The van der Waals surface area contributed by atoms with Crippen LogP contribution in [-0.4, -0.2) is 39.5 Å². The maximum Gasteiger partial charge on any atom is 0.279 e. The Kier molecular flexibility index (Phi) is 4.26. The first-order valence-corrected chi connectivity index (χ1v) is 7.83. The Morgan fingerprint density at radius 3 is 2.72 bits per heavy atom. The number of methoxy groups -OCH3 is 1. The molecular weight excluding hydrogens is 320 g/mol. The number of benzene rings is 1. The summed E-state index contributed by atoms with van der Waals surface area (Å²) in [5, 5.41) is 0. The summed E-state index contributed by atoms with van der Waals surface area (Å²) >= 11 is 3.40. The molecule has 1 fully saturated rings. The van der Waals surface area contributed by atoms with E-state index < -0.39 is 10.2 Å². The molecule has 1 N–H and O–H groups in total. The molecule has 1 aromatic carbocycles. The number of nitrogens with zero attached hydrogens (tertiary/aromatic N) is 1. The quantitative estimate of drug-likeness (QED) is 0.794. The van der Waals surface area contributed by atoms with Crippen LogP contribution in [0.5, 0.6) is 5.75 Å². The molecule has 100 valence electrons. The molecule has 0 unspecified atom stereocenters. The van der Waals surface area contributed by atoms with E-state index in [0.29, 0.717) is 26.1 Å². The molecule has 0 radical (unpaired) electrons. The predicted molar refractivity (Wildman–Crippen MR) is 72.9 cm³/mol. The van der Waals surface area contributed by atoms with Crippen molar-refractivity contribution in [2.24, 2.45) is 0 Å². The van der Waals surface area contributed by atoms with E-state index in [2.05, 4.69) is 20.7 Å². The van der Waals surface area contributed by atoms with Gasteiger partial charge in [-0.15, -0.1) is 0 Å². The van der Waals surface area contributed by atoms with Gasteiger partial charge in [-0.3, -0.25) is 0 Å². The Bertz CT molecular complexity index is 529. The number of hydrogen-bond donors (Lipinski definition) is 1. The maximum atomic E-state index is 11.5. The molecule has 0 aromatic heterocycles. The molecule has 0 bridgehead atoms. The van der Waals surface area contributed by atoms with E-state index >= 15 is 0 Å². The summed E-state index contributed by atoms with van der Waals surface area (Å²) in [6, 6.07) is 5.72. The van der Waals surface area contributed by atoms with Crippen molar-refractivity contribution in [3.8, 4) is 5.75 Å². The van der Waals surface area contributed by atoms with Crippen molar-refractivity contribution >= 4 is 26.1 Å². The van der Waals surface area contributed by atoms with Crippen LogP contribution in [0.4, 0.5) is 0 Å². The second-order valence-corrected chi connectivity index (χ2v) is 6.63. The number of ether oxygens (including phenoxy) is 1. The van der Waals surface area contributed by atoms with Crippen LogP contribution in [0.2, 0.25) is 0 Å². The van der Waals surface area contributed by atoms with E-state index in [1.165, 1.54) is 4.31 Å². The second-order valence-electron chi connectivity index (χ2n) is 4.02. The monoisotopic (exact) mass is 334 g/mol. The Morgan fingerprint density at radius 2 is 2.17 bits per heavy atom. The molecule has 1 heterocycles. The second kappa shape index (κ2) is 5.56. The Labute approximate surface area is 115 Å². The van der Waals surface area contributed by atoms with Gasteiger partial charge in [-0.05, 0) is 40.0 Å². The van der Waals surface area contributed by atoms with Gasteiger partial charge in [-0.25, -0.2) is 4.72 Å². The van der Waals surface area contributed by atoms with E-state index in [0.717, 1.165) is 15.8 Å². The minimum absolute atomic E-state index is 0.400. The largest absolute Gasteiger partial charge is 0.496 e. The van der Waals surface area contributed by atoms with Crippen molar-refractivity contribution in [1.82, 2.24) is 9.03 Å². The van der Waals surface area contributed by atoms with E-state index in [1.54, 1.807) is 7.11 Å². The first kappa shape index (κ1) is 13.8. The van der Waals surface area contributed by atoms with Crippen molar-refractivity contribution in [3.05, 3.63) is 28.2 Å². The van der Waals surface area contributed by atoms with Gasteiger partial charge in [0.2, 0.25) is 0 Å². The summed E-state index contributed by atoms with van der Waals surface area (Å²) in [6.07, 6.45) is 0.648. The lowest BCUT2D eigenvalue weighted by Gasteiger charge is -2.08. The van der Waals surface area contributed by atoms with Crippen LogP contribution < -0.4 is 9.46 Å². The van der Waals surface area contributed by atoms with Gasteiger partial charge in [-0.1, -0.05) is 6.07 Å². The predicted octanol–water partition coefficient (Wildman–Crippen LogP) is 1.15. The molecule has 1 aliphatic heterocycles. The van der Waals surface area contributed by atoms with Crippen molar-refractivity contribution < 1.29 is 13.2 Å². The minimum Gasteiger partial charge on any atom is -0.496 e. The first-order chi connectivity index (χ1) is 8.53. The molecule has 0 saturated carbocycles. The van der Waals surface area contributed by atoms with Crippen LogP contribution in [0.3, 0.4) is 0 Å². The Hall–Kier alpha value is -0.630. The molecular formula is C11H15BrN2O3S. The number of hydrogen-bond acceptors (Lipinski definition) is 3. The number of nitrogens with one attached hydrogen (secondary N) is 1. The third-order valence-corrected chi connectivity index (χ3v) is 4.89. The van der Waals surface area contributed by atoms with Gasteiger partial charge in [-0.2, -0.15) is 12.7 Å². The smallest absolute Gasteiger partial charge is 0.279 e. The molecule has 2 rings (SSSR count). The van der Waals surface area contributed by atoms with Gasteiger partial charge < -0.3 is 4.74 Å². The van der Waals surface area contributed by atoms with E-state index in [9.17, 15) is 8.42 Å². The van der Waals surface area contributed by atoms with Crippen molar-refractivity contribution in [3.63, 3.8) is 0 Å². The van der Waals surface area contributed by atoms with E-state index in [-0.39, 0.29) is 0 Å². The highest BCUT2D eigenvalue weighted by molar-refractivity contribution is 9.10. The lowest BCUT2D eigenvalue weighted by Crippen LogP contribution is -2.31. The van der Waals surface area contributed by atoms with E-state index in [4.69, 9.17) is 4.74 Å². The summed E-state index contributed by atoms with van der Waals surface area (Å²) in [5.41, 5.74) is 1.05. The van der Waals surface area contributed by atoms with Crippen LogP contribution in [0.1, 0.15) is 5.56 Å². The SMILES string of the molecule is COc1ccc(CCNS(=O)(=O)N2CC2)cc1Br. The van der Waals surface area contributed by atoms with Gasteiger partial charge in [0.1, 0.15) is 5.75 Å². The van der Waals surface area contributed by atoms with Crippen LogP contribution in [-0.2, 0) is 16.6 Å². The number of rotatable bonds is 6. The highest BCUT2D eigenvalue weighted by Crippen LogP contribution is 2.25. The average molecular weight is 335 g/mol. The summed E-state index contributed by atoms with van der Waals surface area (Å²) in [4.78, 5) is 0. The standard InChI is InChI=1S/C11H15BrN2O3S/c1-17-11-3-2-9(8-10(11)12)4-5-13-18(15,16)14-6-7-14/h2-3,8,13H,4-7H2,1H3. The van der Waals surface area contributed by atoms with Crippen molar-refractivity contribution in [2.45, 2.75) is 6.42 Å². The third kappa shape index (κ3) is 3.44. The lowest BCUT2D eigenvalue weighted by molar-refractivity contribution is 0.412. The van der Waals surface area contributed by atoms with Gasteiger partial charge in [0.15, 0.2) is 0 Å². The van der Waals surface area contributed by atoms with Crippen LogP contribution in [0.25, 0.3) is 0 Å². The molecule has 0 spiro atoms. The zero-order valence-electron chi connectivity index (χ0n) is 10.0. The fourth-order valence-electron chi connectivity index (χ4n) is 1.56. The average Bonchev–Trinajstić information content (AvgIpc) is 3.13. The van der Waals surface area contributed by atoms with Crippen LogP contribution >= 0.6 is 15.9 Å². The van der Waals surface area contributed by atoms with Gasteiger partial charge in [0.05, 0.1) is 11.6 Å². The fraction of sp³-hybridized carbons (Fsp3) is 0.455. The number of halogens is 1. The molecule has 1 aliphatic rings. The molecule has 0 atom stereocenters. The molecule has 0 amide bonds. The maximum absolute atomic E-state index is 11.5. The Morgan fingerprint density at radius 1 is 1.44 bits per heavy atom. The normalized spacial score (nSPS) is 15.7. The first-order valence-electron chi connectivity index (χ1n) is 5.60. The minimum atomic E-state index is -3.23. The summed E-state index contributed by atoms with van der Waals surface area (Å²) in [7, 11) is -1.62. The molecule has 18 heavy (non-hydrogen) atoms. The lowest BCUT2D eigenvalue weighted by atomic mass is 10.1. The van der Waals surface area contributed by atoms with Crippen molar-refractivity contribution in [1.29, 1.82) is 0 Å². The molecule has 7 heteroatoms. The van der Waals surface area contributed by atoms with Crippen molar-refractivity contribution in [2.75, 3.05) is 26.7 Å². The summed E-state index contributed by atoms with van der Waals surface area (Å²) in [5.74, 6) is 0.767.